The lowest BCUT2D eigenvalue weighted by Crippen LogP contribution is -2.57. The van der Waals surface area contributed by atoms with Crippen LogP contribution in [0, 0.1) is 16.0 Å². The van der Waals surface area contributed by atoms with Crippen LogP contribution in [0.4, 0.5) is 4.79 Å². The Labute approximate surface area is 136 Å². The number of hydrogen-bond donors (Lipinski definition) is 2. The normalized spacial score (nSPS) is 16.6. The van der Waals surface area contributed by atoms with Gasteiger partial charge >= 0.3 is 6.03 Å². The van der Waals surface area contributed by atoms with Gasteiger partial charge in [-0.15, -0.1) is 0 Å². The highest BCUT2D eigenvalue weighted by molar-refractivity contribution is 6.16. The Bertz CT molecular complexity index is 838. The zero-order valence-corrected chi connectivity index (χ0v) is 12.4. The van der Waals surface area contributed by atoms with E-state index in [0.717, 1.165) is 10.8 Å². The van der Waals surface area contributed by atoms with Crippen molar-refractivity contribution in [2.45, 2.75) is 5.92 Å². The smallest absolute Gasteiger partial charge is 0.277 e. The molecule has 2 aromatic carbocycles. The van der Waals surface area contributed by atoms with Crippen LogP contribution in [0.25, 0.3) is 10.8 Å². The fourth-order valence-corrected chi connectivity index (χ4v) is 3.01. The van der Waals surface area contributed by atoms with Crippen molar-refractivity contribution in [3.05, 3.63) is 58.1 Å². The van der Waals surface area contributed by atoms with E-state index in [-0.39, 0.29) is 0 Å². The van der Waals surface area contributed by atoms with Gasteiger partial charge in [0.1, 0.15) is 5.92 Å². The van der Waals surface area contributed by atoms with Gasteiger partial charge in [0.15, 0.2) is 0 Å². The fraction of sp³-hybridized carbons (Fsp3) is 0.188. The van der Waals surface area contributed by atoms with E-state index in [4.69, 9.17) is 0 Å². The van der Waals surface area contributed by atoms with Crippen molar-refractivity contribution in [2.75, 3.05) is 6.54 Å². The van der Waals surface area contributed by atoms with Gasteiger partial charge in [-0.2, -0.15) is 0 Å². The third-order valence-corrected chi connectivity index (χ3v) is 4.01. The summed E-state index contributed by atoms with van der Waals surface area (Å²) in [6.07, 6.45) is 0. The van der Waals surface area contributed by atoms with Crippen molar-refractivity contribution < 1.29 is 19.3 Å². The number of rotatable bonds is 4. The molecule has 1 saturated heterocycles. The van der Waals surface area contributed by atoms with Crippen LogP contribution >= 0.6 is 0 Å². The van der Waals surface area contributed by atoms with Crippen LogP contribution in [0.2, 0.25) is 0 Å². The van der Waals surface area contributed by atoms with Gasteiger partial charge in [-0.25, -0.2) is 4.79 Å². The molecule has 0 bridgehead atoms. The van der Waals surface area contributed by atoms with E-state index in [2.05, 4.69) is 0 Å². The molecule has 1 fully saturated rings. The summed E-state index contributed by atoms with van der Waals surface area (Å²) in [5, 5.41) is 16.7. The van der Waals surface area contributed by atoms with Crippen molar-refractivity contribution in [1.82, 2.24) is 10.6 Å². The maximum atomic E-state index is 12.1. The average Bonchev–Trinajstić information content (AvgIpc) is 2.52. The van der Waals surface area contributed by atoms with Crippen LogP contribution < -0.4 is 10.6 Å². The highest BCUT2D eigenvalue weighted by atomic mass is 16.6. The first-order valence-electron chi connectivity index (χ1n) is 7.22. The Morgan fingerprint density at radius 2 is 1.62 bits per heavy atom. The Hall–Kier alpha value is -3.29. The molecule has 2 N–H and O–H groups in total. The molecule has 0 aliphatic carbocycles. The van der Waals surface area contributed by atoms with Crippen molar-refractivity contribution in [3.8, 4) is 0 Å². The lowest BCUT2D eigenvalue weighted by molar-refractivity contribution is -0.484. The van der Waals surface area contributed by atoms with Gasteiger partial charge in [0.25, 0.3) is 0 Å². The standard InChI is InChI=1S/C16H13N3O5/c20-14-13(15(21)18-16(22)17-14)12(8-19(23)24)11-7-3-5-9-4-1-2-6-10(9)11/h1-7,12-13H,8H2,(H2,17,18,20,21,22). The summed E-state index contributed by atoms with van der Waals surface area (Å²) in [5.74, 6) is -4.00. The molecule has 24 heavy (non-hydrogen) atoms. The molecule has 4 amide bonds. The van der Waals surface area contributed by atoms with E-state index in [1.807, 2.05) is 28.8 Å². The van der Waals surface area contributed by atoms with Gasteiger partial charge in [-0.1, -0.05) is 42.5 Å². The number of nitro groups is 1. The van der Waals surface area contributed by atoms with Gasteiger partial charge in [0.05, 0.1) is 5.92 Å². The number of benzene rings is 2. The van der Waals surface area contributed by atoms with Crippen LogP contribution in [0.5, 0.6) is 0 Å². The predicted molar refractivity (Wildman–Crippen MR) is 83.7 cm³/mol. The van der Waals surface area contributed by atoms with Crippen molar-refractivity contribution >= 4 is 28.6 Å². The average molecular weight is 327 g/mol. The molecule has 0 spiro atoms. The number of imide groups is 2. The first-order chi connectivity index (χ1) is 11.5. The SMILES string of the molecule is O=C1NC(=O)C(C(C[N+](=O)[O-])c2cccc3ccccc23)C(=O)N1. The molecule has 3 rings (SSSR count). The third kappa shape index (κ3) is 2.81. The van der Waals surface area contributed by atoms with E-state index in [1.54, 1.807) is 24.3 Å². The van der Waals surface area contributed by atoms with Gasteiger partial charge in [0, 0.05) is 4.92 Å². The number of carbonyl (C=O) groups is 3. The van der Waals surface area contributed by atoms with Crippen molar-refractivity contribution in [1.29, 1.82) is 0 Å². The summed E-state index contributed by atoms with van der Waals surface area (Å²) >= 11 is 0. The minimum atomic E-state index is -1.35. The van der Waals surface area contributed by atoms with Crippen molar-refractivity contribution in [3.63, 3.8) is 0 Å². The van der Waals surface area contributed by atoms with E-state index in [9.17, 15) is 24.5 Å². The molecule has 1 heterocycles. The first-order valence-corrected chi connectivity index (χ1v) is 7.22. The second kappa shape index (κ2) is 6.07. The molecular formula is C16H13N3O5. The van der Waals surface area contributed by atoms with Gasteiger partial charge < -0.3 is 0 Å². The largest absolute Gasteiger partial charge is 0.328 e. The number of hydrogen-bond acceptors (Lipinski definition) is 5. The fourth-order valence-electron chi connectivity index (χ4n) is 3.01. The van der Waals surface area contributed by atoms with Crippen LogP contribution in [0.1, 0.15) is 11.5 Å². The number of fused-ring (bicyclic) bond motifs is 1. The minimum absolute atomic E-state index is 0.523. The highest BCUT2D eigenvalue weighted by Gasteiger charge is 2.43. The molecule has 122 valence electrons. The highest BCUT2D eigenvalue weighted by Crippen LogP contribution is 2.32. The molecule has 8 nitrogen and oxygen atoms in total. The van der Waals surface area contributed by atoms with Gasteiger partial charge in [-0.05, 0) is 16.3 Å². The van der Waals surface area contributed by atoms with Crippen LogP contribution in [0.15, 0.2) is 42.5 Å². The summed E-state index contributed by atoms with van der Waals surface area (Å²) in [5.41, 5.74) is 0.523. The molecular weight excluding hydrogens is 314 g/mol. The molecule has 0 saturated carbocycles. The number of barbiturate groups is 1. The molecule has 0 aromatic heterocycles. The molecule has 0 radical (unpaired) electrons. The minimum Gasteiger partial charge on any atom is -0.277 e. The summed E-state index contributed by atoms with van der Waals surface area (Å²) in [6.45, 7) is -0.603. The van der Waals surface area contributed by atoms with Gasteiger partial charge in [-0.3, -0.25) is 30.3 Å². The van der Waals surface area contributed by atoms with E-state index < -0.39 is 41.1 Å². The molecule has 1 aliphatic rings. The summed E-state index contributed by atoms with van der Waals surface area (Å²) in [4.78, 5) is 46.0. The van der Waals surface area contributed by atoms with E-state index >= 15 is 0 Å². The Morgan fingerprint density at radius 1 is 1.00 bits per heavy atom. The summed E-state index contributed by atoms with van der Waals surface area (Å²) in [6, 6.07) is 11.5. The topological polar surface area (TPSA) is 118 Å². The third-order valence-electron chi connectivity index (χ3n) is 4.01. The second-order valence-electron chi connectivity index (χ2n) is 5.48. The molecule has 1 atom stereocenters. The maximum Gasteiger partial charge on any atom is 0.328 e. The van der Waals surface area contributed by atoms with Gasteiger partial charge in [0.2, 0.25) is 18.4 Å². The maximum absolute atomic E-state index is 12.1. The summed E-state index contributed by atoms with van der Waals surface area (Å²) in [7, 11) is 0. The Balaban J connectivity index is 2.12. The van der Waals surface area contributed by atoms with Crippen LogP contribution in [-0.2, 0) is 9.59 Å². The second-order valence-corrected chi connectivity index (χ2v) is 5.48. The van der Waals surface area contributed by atoms with Crippen molar-refractivity contribution in [2.24, 2.45) is 5.92 Å². The summed E-state index contributed by atoms with van der Waals surface area (Å²) < 4.78 is 0. The Morgan fingerprint density at radius 3 is 2.29 bits per heavy atom. The molecule has 8 heteroatoms. The number of amides is 4. The molecule has 1 unspecified atom stereocenters. The monoisotopic (exact) mass is 327 g/mol. The Kier molecular flexibility index (Phi) is 3.95. The van der Waals surface area contributed by atoms with E-state index in [1.165, 1.54) is 0 Å². The number of nitrogens with zero attached hydrogens (tertiary/aromatic N) is 1. The van der Waals surface area contributed by atoms with Crippen LogP contribution in [-0.4, -0.2) is 29.3 Å². The number of carbonyl (C=O) groups excluding carboxylic acids is 3. The zero-order valence-electron chi connectivity index (χ0n) is 12.4. The number of urea groups is 1. The lowest BCUT2D eigenvalue weighted by atomic mass is 9.81. The quantitative estimate of drug-likeness (QED) is 0.496. The zero-order chi connectivity index (χ0) is 17.3. The van der Waals surface area contributed by atoms with E-state index in [0.29, 0.717) is 5.56 Å². The number of nitrogens with one attached hydrogen (secondary N) is 2. The lowest BCUT2D eigenvalue weighted by Gasteiger charge is -2.26. The predicted octanol–water partition coefficient (Wildman–Crippen LogP) is 1.18. The molecule has 1 aliphatic heterocycles. The molecule has 2 aromatic rings. The first kappa shape index (κ1) is 15.6. The van der Waals surface area contributed by atoms with Crippen LogP contribution in [0.3, 0.4) is 0 Å².